The molecule has 10 aromatic rings. The third kappa shape index (κ3) is 11.4. The minimum atomic E-state index is -0.826. The van der Waals surface area contributed by atoms with Crippen molar-refractivity contribution in [1.29, 1.82) is 0 Å². The second kappa shape index (κ2) is 23.9. The van der Waals surface area contributed by atoms with Gasteiger partial charge in [0.05, 0.1) is 0 Å². The summed E-state index contributed by atoms with van der Waals surface area (Å²) in [6.45, 7) is 13.4. The Morgan fingerprint density at radius 3 is 0.985 bits per heavy atom. The normalized spacial score (nSPS) is 10.7. The second-order valence-electron chi connectivity index (χ2n) is 17.0. The molecule has 0 saturated carbocycles. The first-order valence-corrected chi connectivity index (χ1v) is 31.0. The first-order valence-electron chi connectivity index (χ1n) is 22.7. The molecule has 0 nitrogen and oxygen atoms in total. The maximum absolute atomic E-state index is 4.93. The van der Waals surface area contributed by atoms with Crippen molar-refractivity contribution in [3.8, 4) is 66.8 Å². The van der Waals surface area contributed by atoms with Crippen LogP contribution in [0.1, 0.15) is 50.7 Å². The summed E-state index contributed by atoms with van der Waals surface area (Å²) in [7, 11) is 11.0. The zero-order chi connectivity index (χ0) is 46.4. The topological polar surface area (TPSA) is 0 Å². The van der Waals surface area contributed by atoms with E-state index in [2.05, 4.69) is 259 Å². The third-order valence-corrected chi connectivity index (χ3v) is 11.9. The Bertz CT molecular complexity index is 2850. The van der Waals surface area contributed by atoms with Crippen molar-refractivity contribution in [2.75, 3.05) is 0 Å². The van der Waals surface area contributed by atoms with Crippen LogP contribution in [0.3, 0.4) is 0 Å². The molecule has 326 valence electrons. The fourth-order valence-electron chi connectivity index (χ4n) is 8.91. The summed E-state index contributed by atoms with van der Waals surface area (Å²) in [6.07, 6.45) is 0. The van der Waals surface area contributed by atoms with Crippen LogP contribution in [0.4, 0.5) is 0 Å². The molecule has 0 amide bonds. The van der Waals surface area contributed by atoms with E-state index in [1.165, 1.54) is 99.4 Å². The van der Waals surface area contributed by atoms with E-state index in [4.69, 9.17) is 17.0 Å². The Labute approximate surface area is 414 Å². The Hall–Kier alpha value is -5.34. The average Bonchev–Trinajstić information content (AvgIpc) is 4.01. The van der Waals surface area contributed by atoms with Gasteiger partial charge in [0.25, 0.3) is 0 Å². The third-order valence-electron chi connectivity index (χ3n) is 11.9. The predicted octanol–water partition coefficient (Wildman–Crippen LogP) is 19.5. The van der Waals surface area contributed by atoms with Crippen molar-refractivity contribution in [2.24, 2.45) is 0 Å². The van der Waals surface area contributed by atoms with Gasteiger partial charge in [-0.3, -0.25) is 0 Å². The molecule has 0 unspecified atom stereocenters. The number of fused-ring (bicyclic) bond motifs is 2. The molecule has 2 radical (unpaired) electrons. The maximum atomic E-state index is 4.93. The van der Waals surface area contributed by atoms with Gasteiger partial charge in [-0.15, -0.1) is 69.1 Å². The zero-order valence-corrected chi connectivity index (χ0v) is 43.7. The van der Waals surface area contributed by atoms with Crippen molar-refractivity contribution >= 4 is 48.1 Å². The molecule has 4 heteroatoms. The number of benzene rings is 8. The van der Waals surface area contributed by atoms with Gasteiger partial charge in [0.1, 0.15) is 0 Å². The van der Waals surface area contributed by atoms with E-state index in [0.29, 0.717) is 11.8 Å². The minimum absolute atomic E-state index is 0.462. The van der Waals surface area contributed by atoms with Crippen molar-refractivity contribution in [3.05, 3.63) is 230 Å². The summed E-state index contributed by atoms with van der Waals surface area (Å²) in [6, 6.07) is 79.1. The van der Waals surface area contributed by atoms with Crippen molar-refractivity contribution in [3.63, 3.8) is 0 Å². The quantitative estimate of drug-likeness (QED) is 0.105. The van der Waals surface area contributed by atoms with Gasteiger partial charge >= 0.3 is 37.9 Å². The molecule has 0 aliphatic heterocycles. The van der Waals surface area contributed by atoms with E-state index in [0.717, 1.165) is 9.52 Å². The van der Waals surface area contributed by atoms with Gasteiger partial charge in [-0.1, -0.05) is 234 Å². The zero-order valence-electron chi connectivity index (χ0n) is 38.7. The number of halogens is 2. The molecule has 0 saturated heterocycles. The molecule has 0 bridgehead atoms. The fraction of sp³-hybridized carbons (Fsp3) is 0.129. The Morgan fingerprint density at radius 2 is 0.667 bits per heavy atom. The van der Waals surface area contributed by atoms with Crippen molar-refractivity contribution in [2.45, 2.75) is 52.6 Å². The second-order valence-corrected chi connectivity index (χ2v) is 21.7. The van der Waals surface area contributed by atoms with Crippen LogP contribution in [0.25, 0.3) is 88.3 Å². The standard InChI is InChI=1S/2C30H25.C2H6Si.2ClH.Zr/c2*1-21(2)26-15-9-10-16-28(26)30-27(23-13-7-4-8-14-23)18-17-24-19-25(20-29(24)30)22-11-5-3-6-12-22;1-3-2;;;/h2*3-21H,1-2H3;1-2H3;2*1H;/q2*-1;;;;+4/p-2. The van der Waals surface area contributed by atoms with E-state index in [1.54, 1.807) is 0 Å². The molecule has 0 atom stereocenters. The summed E-state index contributed by atoms with van der Waals surface area (Å²) in [5.41, 5.74) is 18.3. The number of rotatable bonds is 8. The van der Waals surface area contributed by atoms with Gasteiger partial charge in [0, 0.05) is 9.52 Å². The van der Waals surface area contributed by atoms with Crippen LogP contribution in [0.5, 0.6) is 0 Å². The molecule has 0 heterocycles. The first kappa shape index (κ1) is 48.6. The van der Waals surface area contributed by atoms with E-state index < -0.39 is 20.8 Å². The predicted molar refractivity (Wildman–Crippen MR) is 289 cm³/mol. The Morgan fingerprint density at radius 1 is 0.379 bits per heavy atom. The molecule has 66 heavy (non-hydrogen) atoms. The molecule has 0 aliphatic rings. The summed E-state index contributed by atoms with van der Waals surface area (Å²) >= 11 is -0.826. The number of hydrogen-bond donors (Lipinski definition) is 0. The molecule has 0 fully saturated rings. The SMILES string of the molecule is CC(C)c1ccccc1-c1c(-c2ccccc2)ccc2[cH-]c(-c3ccccc3)cc12.CC(C)c1ccccc1-c1c(-c2ccccc2)ccc2[cH-]c(-c3ccccc3)cc12.C[Si]C.[Cl][Zr+2][Cl]. The summed E-state index contributed by atoms with van der Waals surface area (Å²) in [4.78, 5) is 0. The van der Waals surface area contributed by atoms with Gasteiger partial charge in [-0.05, 0) is 67.5 Å². The molecule has 0 spiro atoms. The van der Waals surface area contributed by atoms with Gasteiger partial charge in [0.2, 0.25) is 0 Å². The van der Waals surface area contributed by atoms with Crippen molar-refractivity contribution in [1.82, 2.24) is 0 Å². The van der Waals surface area contributed by atoms with Crippen LogP contribution in [0.2, 0.25) is 13.1 Å². The van der Waals surface area contributed by atoms with Crippen molar-refractivity contribution < 1.29 is 20.8 Å². The van der Waals surface area contributed by atoms with Crippen LogP contribution in [0.15, 0.2) is 218 Å². The van der Waals surface area contributed by atoms with Crippen LogP contribution in [-0.2, 0) is 20.8 Å². The molecular weight excluding hydrogens is 935 g/mol. The molecule has 0 N–H and O–H groups in total. The monoisotopic (exact) mass is 988 g/mol. The van der Waals surface area contributed by atoms with Gasteiger partial charge in [0.15, 0.2) is 0 Å². The molecule has 0 aromatic heterocycles. The van der Waals surface area contributed by atoms with Gasteiger partial charge in [-0.2, -0.15) is 0 Å². The van der Waals surface area contributed by atoms with Crippen LogP contribution in [0, 0.1) is 0 Å². The molecule has 10 rings (SSSR count). The van der Waals surface area contributed by atoms with Gasteiger partial charge < -0.3 is 0 Å². The van der Waals surface area contributed by atoms with Crippen LogP contribution < -0.4 is 0 Å². The van der Waals surface area contributed by atoms with Gasteiger partial charge in [-0.25, -0.2) is 0 Å². The van der Waals surface area contributed by atoms with Crippen LogP contribution >= 0.6 is 17.0 Å². The Balaban J connectivity index is 0.000000176. The van der Waals surface area contributed by atoms with E-state index in [1.807, 2.05) is 0 Å². The fourth-order valence-corrected chi connectivity index (χ4v) is 8.91. The van der Waals surface area contributed by atoms with Crippen LogP contribution in [-0.4, -0.2) is 9.52 Å². The number of hydrogen-bond acceptors (Lipinski definition) is 0. The molecule has 0 aliphatic carbocycles. The molecule has 10 aromatic carbocycles. The molecular formula is C62H56Cl2SiZr. The van der Waals surface area contributed by atoms with E-state index >= 15 is 0 Å². The summed E-state index contributed by atoms with van der Waals surface area (Å²) < 4.78 is 0. The summed E-state index contributed by atoms with van der Waals surface area (Å²) in [5, 5.41) is 5.23. The van der Waals surface area contributed by atoms with E-state index in [9.17, 15) is 0 Å². The summed E-state index contributed by atoms with van der Waals surface area (Å²) in [5.74, 6) is 0.923. The average molecular weight is 991 g/mol. The van der Waals surface area contributed by atoms with E-state index in [-0.39, 0.29) is 0 Å². The first-order chi connectivity index (χ1) is 32.3. The Kier molecular flexibility index (Phi) is 17.6.